The van der Waals surface area contributed by atoms with Gasteiger partial charge in [0.05, 0.1) is 0 Å². The Kier molecular flexibility index (Phi) is 3.35. The van der Waals surface area contributed by atoms with Gasteiger partial charge in [-0.1, -0.05) is 6.08 Å². The fourth-order valence-corrected chi connectivity index (χ4v) is 5.08. The lowest BCUT2D eigenvalue weighted by molar-refractivity contribution is 0.336. The molecule has 1 heterocycles. The molecular formula is C8H17ClN2Si. The minimum absolute atomic E-state index is 0.946. The van der Waals surface area contributed by atoms with E-state index in [1.807, 2.05) is 6.08 Å². The Morgan fingerprint density at radius 3 is 2.33 bits per heavy atom. The van der Waals surface area contributed by atoms with Crippen molar-refractivity contribution in [3.05, 3.63) is 12.7 Å². The summed E-state index contributed by atoms with van der Waals surface area (Å²) in [5, 5.41) is 0. The zero-order chi connectivity index (χ0) is 9.19. The van der Waals surface area contributed by atoms with Crippen LogP contribution in [0, 0.1) is 0 Å². The first-order valence-electron chi connectivity index (χ1n) is 4.33. The van der Waals surface area contributed by atoms with Crippen LogP contribution in [-0.2, 0) is 0 Å². The van der Waals surface area contributed by atoms with Crippen molar-refractivity contribution in [2.45, 2.75) is 12.5 Å². The molecule has 70 valence electrons. The van der Waals surface area contributed by atoms with Crippen LogP contribution in [0.5, 0.6) is 0 Å². The molecule has 0 spiro atoms. The summed E-state index contributed by atoms with van der Waals surface area (Å²) in [6, 6.07) is 0.946. The van der Waals surface area contributed by atoms with Gasteiger partial charge in [0.1, 0.15) is 0 Å². The fraction of sp³-hybridized carbons (Fsp3) is 0.750. The summed E-state index contributed by atoms with van der Waals surface area (Å²) < 4.78 is 4.64. The lowest BCUT2D eigenvalue weighted by Crippen LogP contribution is -2.62. The van der Waals surface area contributed by atoms with Gasteiger partial charge < -0.3 is 9.13 Å². The highest BCUT2D eigenvalue weighted by Crippen LogP contribution is 2.26. The quantitative estimate of drug-likeness (QED) is 0.383. The molecule has 0 N–H and O–H groups in total. The molecule has 1 fully saturated rings. The Labute approximate surface area is 80.7 Å². The molecule has 12 heavy (non-hydrogen) atoms. The van der Waals surface area contributed by atoms with E-state index in [0.717, 1.165) is 19.1 Å². The third-order valence-corrected chi connectivity index (χ3v) is 8.35. The summed E-state index contributed by atoms with van der Waals surface area (Å²) in [6.07, 6.45) is 3.17. The van der Waals surface area contributed by atoms with Crippen molar-refractivity contribution in [1.29, 1.82) is 0 Å². The molecule has 1 rings (SSSR count). The van der Waals surface area contributed by atoms with E-state index in [2.05, 4.69) is 29.8 Å². The van der Waals surface area contributed by atoms with Gasteiger partial charge in [-0.2, -0.15) is 0 Å². The Morgan fingerprint density at radius 2 is 1.92 bits per heavy atom. The summed E-state index contributed by atoms with van der Waals surface area (Å²) >= 11 is 6.60. The first-order valence-corrected chi connectivity index (χ1v) is 7.45. The molecule has 0 atom stereocenters. The fourth-order valence-electron chi connectivity index (χ4n) is 1.67. The lowest BCUT2D eigenvalue weighted by Gasteiger charge is -2.44. The van der Waals surface area contributed by atoms with Gasteiger partial charge in [0.15, 0.2) is 0 Å². The highest BCUT2D eigenvalue weighted by atomic mass is 35.6. The Balaban J connectivity index is 2.72. The topological polar surface area (TPSA) is 6.48 Å². The Hall–Kier alpha value is 0.167. The van der Waals surface area contributed by atoms with Gasteiger partial charge in [0.2, 0.25) is 0 Å². The van der Waals surface area contributed by atoms with Crippen LogP contribution in [0.25, 0.3) is 0 Å². The molecule has 4 heteroatoms. The highest BCUT2D eigenvalue weighted by Gasteiger charge is 2.41. The van der Waals surface area contributed by atoms with Gasteiger partial charge in [-0.05, 0) is 33.6 Å². The van der Waals surface area contributed by atoms with Gasteiger partial charge in [-0.15, -0.1) is 17.7 Å². The van der Waals surface area contributed by atoms with Crippen LogP contribution >= 0.6 is 11.1 Å². The van der Waals surface area contributed by atoms with Crippen molar-refractivity contribution in [2.75, 3.05) is 27.2 Å². The van der Waals surface area contributed by atoms with E-state index in [0.29, 0.717) is 0 Å². The van der Waals surface area contributed by atoms with Crippen molar-refractivity contribution in [3.63, 3.8) is 0 Å². The number of rotatable bonds is 2. The second kappa shape index (κ2) is 3.92. The maximum Gasteiger partial charge on any atom is 0.310 e. The van der Waals surface area contributed by atoms with Crippen molar-refractivity contribution in [3.8, 4) is 0 Å². The van der Waals surface area contributed by atoms with Crippen molar-refractivity contribution < 1.29 is 0 Å². The van der Waals surface area contributed by atoms with E-state index in [4.69, 9.17) is 11.1 Å². The third kappa shape index (κ3) is 1.74. The Morgan fingerprint density at radius 1 is 1.42 bits per heavy atom. The second-order valence-corrected chi connectivity index (χ2v) is 8.60. The molecule has 2 nitrogen and oxygen atoms in total. The van der Waals surface area contributed by atoms with Gasteiger partial charge in [-0.3, -0.25) is 0 Å². The average molecular weight is 205 g/mol. The number of allylic oxidation sites excluding steroid dienone is 1. The molecular weight excluding hydrogens is 188 g/mol. The SMILES string of the molecule is C=CC[Si]1(Cl)N(C)CCCN1C. The summed E-state index contributed by atoms with van der Waals surface area (Å²) in [4.78, 5) is 0. The maximum atomic E-state index is 6.60. The number of halogens is 1. The largest absolute Gasteiger partial charge is 0.310 e. The first kappa shape index (κ1) is 10.2. The van der Waals surface area contributed by atoms with Gasteiger partial charge in [0, 0.05) is 6.04 Å². The predicted molar refractivity (Wildman–Crippen MR) is 56.5 cm³/mol. The van der Waals surface area contributed by atoms with E-state index >= 15 is 0 Å². The lowest BCUT2D eigenvalue weighted by atomic mass is 10.4. The highest BCUT2D eigenvalue weighted by molar-refractivity contribution is 7.17. The molecule has 0 amide bonds. The maximum absolute atomic E-state index is 6.60. The van der Waals surface area contributed by atoms with E-state index in [1.54, 1.807) is 0 Å². The van der Waals surface area contributed by atoms with Crippen molar-refractivity contribution in [2.24, 2.45) is 0 Å². The molecule has 0 aromatic carbocycles. The molecule has 1 aliphatic rings. The van der Waals surface area contributed by atoms with E-state index in [9.17, 15) is 0 Å². The van der Waals surface area contributed by atoms with E-state index < -0.39 is 7.71 Å². The monoisotopic (exact) mass is 204 g/mol. The molecule has 1 saturated heterocycles. The normalized spacial score (nSPS) is 25.6. The van der Waals surface area contributed by atoms with Crippen molar-refractivity contribution >= 4 is 18.8 Å². The predicted octanol–water partition coefficient (Wildman–Crippen LogP) is 1.62. The molecule has 0 bridgehead atoms. The third-order valence-electron chi connectivity index (χ3n) is 2.56. The van der Waals surface area contributed by atoms with Gasteiger partial charge >= 0.3 is 7.71 Å². The summed E-state index contributed by atoms with van der Waals surface area (Å²) in [7, 11) is 2.42. The standard InChI is InChI=1S/C8H17ClN2Si/c1-4-8-12(9)10(2)6-5-7-11(12)3/h4H,1,5-8H2,2-3H3. The minimum atomic E-state index is -1.82. The zero-order valence-electron chi connectivity index (χ0n) is 7.89. The van der Waals surface area contributed by atoms with Gasteiger partial charge in [-0.25, -0.2) is 0 Å². The van der Waals surface area contributed by atoms with E-state index in [1.165, 1.54) is 6.42 Å². The van der Waals surface area contributed by atoms with Crippen LogP contribution in [-0.4, -0.2) is 44.0 Å². The molecule has 0 radical (unpaired) electrons. The summed E-state index contributed by atoms with van der Waals surface area (Å²) in [5.41, 5.74) is 0. The minimum Gasteiger partial charge on any atom is -0.302 e. The van der Waals surface area contributed by atoms with E-state index in [-0.39, 0.29) is 0 Å². The molecule has 0 aromatic heterocycles. The van der Waals surface area contributed by atoms with Gasteiger partial charge in [0.25, 0.3) is 0 Å². The molecule has 0 aliphatic carbocycles. The number of nitrogens with zero attached hydrogens (tertiary/aromatic N) is 2. The number of hydrogen-bond donors (Lipinski definition) is 0. The summed E-state index contributed by atoms with van der Waals surface area (Å²) in [6.45, 7) is 6.03. The van der Waals surface area contributed by atoms with Crippen LogP contribution in [0.1, 0.15) is 6.42 Å². The number of hydrogen-bond acceptors (Lipinski definition) is 2. The van der Waals surface area contributed by atoms with Crippen LogP contribution < -0.4 is 0 Å². The molecule has 0 unspecified atom stereocenters. The van der Waals surface area contributed by atoms with Crippen LogP contribution in [0.2, 0.25) is 6.04 Å². The zero-order valence-corrected chi connectivity index (χ0v) is 9.64. The average Bonchev–Trinajstić information content (AvgIpc) is 2.02. The van der Waals surface area contributed by atoms with Crippen LogP contribution in [0.3, 0.4) is 0 Å². The molecule has 0 saturated carbocycles. The first-order chi connectivity index (χ1) is 5.61. The smallest absolute Gasteiger partial charge is 0.302 e. The van der Waals surface area contributed by atoms with Crippen LogP contribution in [0.4, 0.5) is 0 Å². The molecule has 0 aromatic rings. The molecule has 1 aliphatic heterocycles. The van der Waals surface area contributed by atoms with Crippen LogP contribution in [0.15, 0.2) is 12.7 Å². The Bertz CT molecular complexity index is 164. The van der Waals surface area contributed by atoms with Crippen molar-refractivity contribution in [1.82, 2.24) is 9.13 Å². The second-order valence-electron chi connectivity index (χ2n) is 3.41. The summed E-state index contributed by atoms with van der Waals surface area (Å²) in [5.74, 6) is 0.